The molecule has 2 N–H and O–H groups in total. The Morgan fingerprint density at radius 1 is 1.17 bits per heavy atom. The van der Waals surface area contributed by atoms with Gasteiger partial charge in [-0.15, -0.1) is 0 Å². The lowest BCUT2D eigenvalue weighted by Crippen LogP contribution is -2.53. The summed E-state index contributed by atoms with van der Waals surface area (Å²) in [7, 11) is 0. The number of amides is 2. The van der Waals surface area contributed by atoms with Crippen LogP contribution in [0.15, 0.2) is 30.3 Å². The minimum Gasteiger partial charge on any atom is -0.445 e. The van der Waals surface area contributed by atoms with Crippen LogP contribution in [-0.4, -0.2) is 53.5 Å². The van der Waals surface area contributed by atoms with E-state index in [2.05, 4.69) is 0 Å². The van der Waals surface area contributed by atoms with Crippen LogP contribution in [0.2, 0.25) is 0 Å². The Kier molecular flexibility index (Phi) is 5.35. The molecule has 1 atom stereocenters. The van der Waals surface area contributed by atoms with Gasteiger partial charge in [0.15, 0.2) is 0 Å². The molecule has 2 amide bonds. The summed E-state index contributed by atoms with van der Waals surface area (Å²) >= 11 is 0. The molecule has 0 radical (unpaired) electrons. The van der Waals surface area contributed by atoms with E-state index in [-0.39, 0.29) is 37.2 Å². The van der Waals surface area contributed by atoms with E-state index in [1.165, 1.54) is 0 Å². The highest BCUT2D eigenvalue weighted by Gasteiger charge is 2.40. The van der Waals surface area contributed by atoms with E-state index in [1.54, 1.807) is 4.90 Å². The van der Waals surface area contributed by atoms with Gasteiger partial charge in [-0.1, -0.05) is 30.3 Å². The third-order valence-corrected chi connectivity index (χ3v) is 4.67. The Labute approximate surface area is 142 Å². The van der Waals surface area contributed by atoms with E-state index in [1.807, 2.05) is 35.2 Å². The average Bonchev–Trinajstić information content (AvgIpc) is 3.45. The number of hydrogen-bond acceptors (Lipinski definition) is 4. The van der Waals surface area contributed by atoms with Crippen molar-refractivity contribution >= 4 is 12.0 Å². The summed E-state index contributed by atoms with van der Waals surface area (Å²) in [5.74, 6) is -0.0481. The zero-order chi connectivity index (χ0) is 16.9. The number of nitrogens with two attached hydrogens (primary N) is 1. The van der Waals surface area contributed by atoms with Crippen molar-refractivity contribution in [3.05, 3.63) is 35.9 Å². The minimum atomic E-state index is -0.270. The van der Waals surface area contributed by atoms with E-state index in [0.717, 1.165) is 37.8 Å². The van der Waals surface area contributed by atoms with Crippen molar-refractivity contribution in [1.29, 1.82) is 0 Å². The Morgan fingerprint density at radius 3 is 2.58 bits per heavy atom. The third kappa shape index (κ3) is 4.06. The largest absolute Gasteiger partial charge is 0.445 e. The molecule has 3 rings (SSSR count). The first-order valence-electron chi connectivity index (χ1n) is 8.66. The number of rotatable bonds is 5. The van der Waals surface area contributed by atoms with Crippen LogP contribution in [0.3, 0.4) is 0 Å². The zero-order valence-corrected chi connectivity index (χ0v) is 13.9. The quantitative estimate of drug-likeness (QED) is 0.892. The summed E-state index contributed by atoms with van der Waals surface area (Å²) in [5.41, 5.74) is 6.45. The third-order valence-electron chi connectivity index (χ3n) is 4.67. The van der Waals surface area contributed by atoms with Crippen molar-refractivity contribution in [3.8, 4) is 0 Å². The van der Waals surface area contributed by atoms with Gasteiger partial charge in [0.05, 0.1) is 12.6 Å². The van der Waals surface area contributed by atoms with Gasteiger partial charge in [-0.3, -0.25) is 4.79 Å². The van der Waals surface area contributed by atoms with E-state index in [0.29, 0.717) is 6.54 Å². The van der Waals surface area contributed by atoms with Crippen LogP contribution < -0.4 is 5.73 Å². The SMILES string of the molecule is NCC(=O)N1CCC[C@@H](N(C(=O)OCc2ccccc2)C2CC2)C1. The zero-order valence-electron chi connectivity index (χ0n) is 13.9. The van der Waals surface area contributed by atoms with Gasteiger partial charge in [-0.2, -0.15) is 0 Å². The van der Waals surface area contributed by atoms with Crippen molar-refractivity contribution in [2.24, 2.45) is 5.73 Å². The van der Waals surface area contributed by atoms with Gasteiger partial charge in [0.25, 0.3) is 0 Å². The normalized spacial score (nSPS) is 20.5. The number of carbonyl (C=O) groups excluding carboxylic acids is 2. The Hall–Kier alpha value is -2.08. The van der Waals surface area contributed by atoms with Crippen molar-refractivity contribution in [2.75, 3.05) is 19.6 Å². The monoisotopic (exact) mass is 331 g/mol. The first-order chi connectivity index (χ1) is 11.7. The van der Waals surface area contributed by atoms with Gasteiger partial charge >= 0.3 is 6.09 Å². The number of piperidine rings is 1. The van der Waals surface area contributed by atoms with Crippen molar-refractivity contribution < 1.29 is 14.3 Å². The van der Waals surface area contributed by atoms with Crippen LogP contribution in [0.5, 0.6) is 0 Å². The Balaban J connectivity index is 1.61. The molecular formula is C18H25N3O3. The van der Waals surface area contributed by atoms with Gasteiger partial charge in [0.2, 0.25) is 5.91 Å². The van der Waals surface area contributed by atoms with E-state index in [9.17, 15) is 9.59 Å². The van der Waals surface area contributed by atoms with Crippen LogP contribution in [0.1, 0.15) is 31.2 Å². The number of ether oxygens (including phenoxy) is 1. The summed E-state index contributed by atoms with van der Waals surface area (Å²) in [6.07, 6.45) is 3.56. The van der Waals surface area contributed by atoms with Crippen LogP contribution in [0.25, 0.3) is 0 Å². The van der Waals surface area contributed by atoms with E-state index in [4.69, 9.17) is 10.5 Å². The van der Waals surface area contributed by atoms with Crippen LogP contribution in [0.4, 0.5) is 4.79 Å². The van der Waals surface area contributed by atoms with Gasteiger partial charge in [0, 0.05) is 19.1 Å². The molecule has 1 aliphatic heterocycles. The lowest BCUT2D eigenvalue weighted by molar-refractivity contribution is -0.131. The van der Waals surface area contributed by atoms with Gasteiger partial charge in [-0.05, 0) is 31.2 Å². The first-order valence-corrected chi connectivity index (χ1v) is 8.66. The Morgan fingerprint density at radius 2 is 1.92 bits per heavy atom. The fourth-order valence-corrected chi connectivity index (χ4v) is 3.28. The van der Waals surface area contributed by atoms with Crippen LogP contribution >= 0.6 is 0 Å². The molecule has 1 saturated carbocycles. The molecule has 0 spiro atoms. The second-order valence-corrected chi connectivity index (χ2v) is 6.52. The maximum Gasteiger partial charge on any atom is 0.410 e. The summed E-state index contributed by atoms with van der Waals surface area (Å²) in [6.45, 7) is 1.59. The summed E-state index contributed by atoms with van der Waals surface area (Å²) in [5, 5.41) is 0. The molecule has 0 aromatic heterocycles. The molecule has 6 nitrogen and oxygen atoms in total. The molecular weight excluding hydrogens is 306 g/mol. The summed E-state index contributed by atoms with van der Waals surface area (Å²) in [4.78, 5) is 28.1. The van der Waals surface area contributed by atoms with Gasteiger partial charge in [0.1, 0.15) is 6.61 Å². The molecule has 0 unspecified atom stereocenters. The topological polar surface area (TPSA) is 75.9 Å². The predicted molar refractivity (Wildman–Crippen MR) is 90.1 cm³/mol. The molecule has 1 aromatic carbocycles. The maximum atomic E-state index is 12.6. The van der Waals surface area contributed by atoms with Crippen LogP contribution in [0, 0.1) is 0 Å². The average molecular weight is 331 g/mol. The number of hydrogen-bond donors (Lipinski definition) is 1. The smallest absolute Gasteiger partial charge is 0.410 e. The molecule has 1 aromatic rings. The lowest BCUT2D eigenvalue weighted by Gasteiger charge is -2.39. The lowest BCUT2D eigenvalue weighted by atomic mass is 10.0. The highest BCUT2D eigenvalue weighted by Crippen LogP contribution is 2.32. The maximum absolute atomic E-state index is 12.6. The second kappa shape index (κ2) is 7.66. The number of likely N-dealkylation sites (tertiary alicyclic amines) is 1. The van der Waals surface area contributed by atoms with E-state index < -0.39 is 0 Å². The number of nitrogens with zero attached hydrogens (tertiary/aromatic N) is 2. The molecule has 6 heteroatoms. The molecule has 24 heavy (non-hydrogen) atoms. The summed E-state index contributed by atoms with van der Waals surface area (Å²) < 4.78 is 5.53. The highest BCUT2D eigenvalue weighted by atomic mass is 16.6. The van der Waals surface area contributed by atoms with Crippen molar-refractivity contribution in [3.63, 3.8) is 0 Å². The molecule has 2 fully saturated rings. The predicted octanol–water partition coefficient (Wildman–Crippen LogP) is 1.74. The Bertz CT molecular complexity index is 574. The molecule has 1 heterocycles. The fraction of sp³-hybridized carbons (Fsp3) is 0.556. The van der Waals surface area contributed by atoms with Crippen LogP contribution in [-0.2, 0) is 16.1 Å². The second-order valence-electron chi connectivity index (χ2n) is 6.52. The molecule has 2 aliphatic rings. The molecule has 130 valence electrons. The number of benzene rings is 1. The first kappa shape index (κ1) is 16.8. The van der Waals surface area contributed by atoms with Crippen molar-refractivity contribution in [1.82, 2.24) is 9.80 Å². The van der Waals surface area contributed by atoms with Gasteiger partial charge < -0.3 is 20.3 Å². The molecule has 1 saturated heterocycles. The van der Waals surface area contributed by atoms with E-state index >= 15 is 0 Å². The molecule has 0 bridgehead atoms. The fourth-order valence-electron chi connectivity index (χ4n) is 3.28. The molecule has 1 aliphatic carbocycles. The minimum absolute atomic E-state index is 0.0224. The summed E-state index contributed by atoms with van der Waals surface area (Å²) in [6, 6.07) is 9.97. The van der Waals surface area contributed by atoms with Gasteiger partial charge in [-0.25, -0.2) is 4.79 Å². The van der Waals surface area contributed by atoms with Crippen molar-refractivity contribution in [2.45, 2.75) is 44.4 Å². The number of carbonyl (C=O) groups is 2. The standard InChI is InChI=1S/C18H25N3O3/c19-11-17(22)20-10-4-7-16(12-20)21(15-8-9-15)18(23)24-13-14-5-2-1-3-6-14/h1-3,5-6,15-16H,4,7-13,19H2/t16-/m1/s1. The highest BCUT2D eigenvalue weighted by molar-refractivity contribution is 5.78.